The molecule has 2 fully saturated rings. The third kappa shape index (κ3) is 3.93. The lowest BCUT2D eigenvalue weighted by Gasteiger charge is -2.35. The largest absolute Gasteiger partial charge is 0.396 e. The Morgan fingerprint density at radius 1 is 1.21 bits per heavy atom. The molecule has 4 heteroatoms. The van der Waals surface area contributed by atoms with Crippen molar-refractivity contribution >= 4 is 5.91 Å². The van der Waals surface area contributed by atoms with Gasteiger partial charge in [0.05, 0.1) is 12.2 Å². The summed E-state index contributed by atoms with van der Waals surface area (Å²) in [5.74, 6) is 0.472. The van der Waals surface area contributed by atoms with E-state index in [9.17, 15) is 9.90 Å². The second-order valence-electron chi connectivity index (χ2n) is 6.27. The van der Waals surface area contributed by atoms with Crippen LogP contribution in [0.2, 0.25) is 0 Å². The van der Waals surface area contributed by atoms with Crippen LogP contribution in [0.5, 0.6) is 0 Å². The van der Waals surface area contributed by atoms with Crippen LogP contribution in [-0.2, 0) is 9.53 Å². The van der Waals surface area contributed by atoms with Gasteiger partial charge in [-0.1, -0.05) is 12.8 Å². The van der Waals surface area contributed by atoms with Crippen molar-refractivity contribution in [2.24, 2.45) is 11.8 Å². The van der Waals surface area contributed by atoms with Crippen molar-refractivity contribution in [1.29, 1.82) is 0 Å². The number of carbonyl (C=O) groups excluding carboxylic acids is 1. The summed E-state index contributed by atoms with van der Waals surface area (Å²) in [7, 11) is 0. The van der Waals surface area contributed by atoms with Crippen LogP contribution < -0.4 is 5.32 Å². The fraction of sp³-hybridized carbons (Fsp3) is 0.933. The predicted molar refractivity (Wildman–Crippen MR) is 73.7 cm³/mol. The van der Waals surface area contributed by atoms with E-state index in [4.69, 9.17) is 4.74 Å². The quantitative estimate of drug-likeness (QED) is 0.822. The number of ether oxygens (including phenoxy) is 1. The minimum Gasteiger partial charge on any atom is -0.396 e. The topological polar surface area (TPSA) is 58.6 Å². The van der Waals surface area contributed by atoms with Gasteiger partial charge in [-0.3, -0.25) is 4.79 Å². The lowest BCUT2D eigenvalue weighted by molar-refractivity contribution is -0.134. The molecule has 1 aliphatic heterocycles. The molecule has 0 spiro atoms. The van der Waals surface area contributed by atoms with Crippen molar-refractivity contribution in [2.75, 3.05) is 6.61 Å². The second kappa shape index (κ2) is 6.71. The maximum atomic E-state index is 12.4. The molecule has 1 saturated heterocycles. The number of rotatable bonds is 3. The molecule has 0 aromatic heterocycles. The molecule has 1 amide bonds. The van der Waals surface area contributed by atoms with Crippen LogP contribution in [0.1, 0.15) is 52.4 Å². The fourth-order valence-corrected chi connectivity index (χ4v) is 3.54. The summed E-state index contributed by atoms with van der Waals surface area (Å²) in [4.78, 5) is 12.4. The van der Waals surface area contributed by atoms with E-state index in [1.54, 1.807) is 0 Å². The van der Waals surface area contributed by atoms with Crippen LogP contribution in [0.25, 0.3) is 0 Å². The molecular formula is C15H27NO3. The van der Waals surface area contributed by atoms with Gasteiger partial charge in [-0.15, -0.1) is 0 Å². The van der Waals surface area contributed by atoms with Crippen LogP contribution >= 0.6 is 0 Å². The monoisotopic (exact) mass is 269 g/mol. The number of aliphatic hydroxyl groups excluding tert-OH is 1. The van der Waals surface area contributed by atoms with Gasteiger partial charge in [-0.05, 0) is 39.5 Å². The molecule has 4 atom stereocenters. The lowest BCUT2D eigenvalue weighted by Crippen LogP contribution is -2.47. The van der Waals surface area contributed by atoms with Crippen molar-refractivity contribution < 1.29 is 14.6 Å². The number of carbonyl (C=O) groups is 1. The Labute approximate surface area is 115 Å². The van der Waals surface area contributed by atoms with E-state index < -0.39 is 0 Å². The average Bonchev–Trinajstić information content (AvgIpc) is 2.38. The number of aliphatic hydroxyl groups is 1. The first-order chi connectivity index (χ1) is 9.10. The summed E-state index contributed by atoms with van der Waals surface area (Å²) in [6.07, 6.45) is 6.32. The Balaban J connectivity index is 1.88. The summed E-state index contributed by atoms with van der Waals surface area (Å²) in [5, 5.41) is 12.6. The van der Waals surface area contributed by atoms with Crippen LogP contribution in [0.3, 0.4) is 0 Å². The van der Waals surface area contributed by atoms with Crippen molar-refractivity contribution in [1.82, 2.24) is 5.32 Å². The van der Waals surface area contributed by atoms with Gasteiger partial charge in [0.2, 0.25) is 5.91 Å². The van der Waals surface area contributed by atoms with Gasteiger partial charge in [0.1, 0.15) is 0 Å². The van der Waals surface area contributed by atoms with E-state index in [2.05, 4.69) is 5.32 Å². The van der Waals surface area contributed by atoms with E-state index in [0.717, 1.165) is 32.1 Å². The summed E-state index contributed by atoms with van der Waals surface area (Å²) < 4.78 is 5.68. The third-order valence-corrected chi connectivity index (χ3v) is 4.54. The molecule has 1 heterocycles. The lowest BCUT2D eigenvalue weighted by atomic mass is 9.84. The van der Waals surface area contributed by atoms with Crippen LogP contribution in [0.15, 0.2) is 0 Å². The van der Waals surface area contributed by atoms with Gasteiger partial charge in [0, 0.05) is 24.5 Å². The zero-order valence-corrected chi connectivity index (χ0v) is 12.1. The highest BCUT2D eigenvalue weighted by Crippen LogP contribution is 2.27. The molecule has 4 nitrogen and oxygen atoms in total. The SMILES string of the molecule is CC1CC(C(=O)NC2CCCCC2CO)CC(C)O1. The standard InChI is InChI=1S/C15H27NO3/c1-10-7-13(8-11(2)19-10)15(18)16-14-6-4-3-5-12(14)9-17/h10-14,17H,3-9H2,1-2H3,(H,16,18). The first kappa shape index (κ1) is 14.8. The molecule has 19 heavy (non-hydrogen) atoms. The Bertz CT molecular complexity index is 298. The first-order valence-corrected chi connectivity index (χ1v) is 7.66. The Kier molecular flexibility index (Phi) is 5.22. The van der Waals surface area contributed by atoms with Gasteiger partial charge in [0.15, 0.2) is 0 Å². The van der Waals surface area contributed by atoms with Crippen LogP contribution in [-0.4, -0.2) is 35.9 Å². The van der Waals surface area contributed by atoms with Gasteiger partial charge in [-0.25, -0.2) is 0 Å². The Morgan fingerprint density at radius 2 is 1.84 bits per heavy atom. The zero-order valence-electron chi connectivity index (χ0n) is 12.1. The summed E-state index contributed by atoms with van der Waals surface area (Å²) >= 11 is 0. The molecular weight excluding hydrogens is 242 g/mol. The van der Waals surface area contributed by atoms with E-state index in [1.807, 2.05) is 13.8 Å². The summed E-state index contributed by atoms with van der Waals surface area (Å²) in [5.41, 5.74) is 0. The van der Waals surface area contributed by atoms with Gasteiger partial charge in [-0.2, -0.15) is 0 Å². The van der Waals surface area contributed by atoms with Gasteiger partial charge >= 0.3 is 0 Å². The molecule has 0 aromatic carbocycles. The van der Waals surface area contributed by atoms with E-state index in [-0.39, 0.29) is 42.6 Å². The molecule has 2 N–H and O–H groups in total. The number of hydrogen-bond donors (Lipinski definition) is 2. The van der Waals surface area contributed by atoms with E-state index in [0.29, 0.717) is 0 Å². The molecule has 0 radical (unpaired) electrons. The molecule has 2 aliphatic rings. The maximum Gasteiger partial charge on any atom is 0.223 e. The molecule has 4 unspecified atom stereocenters. The first-order valence-electron chi connectivity index (χ1n) is 7.66. The highest BCUT2D eigenvalue weighted by molar-refractivity contribution is 5.79. The van der Waals surface area contributed by atoms with Crippen molar-refractivity contribution in [3.63, 3.8) is 0 Å². The van der Waals surface area contributed by atoms with E-state index >= 15 is 0 Å². The third-order valence-electron chi connectivity index (χ3n) is 4.54. The van der Waals surface area contributed by atoms with Gasteiger partial charge < -0.3 is 15.2 Å². The number of hydrogen-bond acceptors (Lipinski definition) is 3. The van der Waals surface area contributed by atoms with E-state index in [1.165, 1.54) is 6.42 Å². The molecule has 1 saturated carbocycles. The Hall–Kier alpha value is -0.610. The fourth-order valence-electron chi connectivity index (χ4n) is 3.54. The summed E-state index contributed by atoms with van der Waals surface area (Å²) in [6.45, 7) is 4.26. The van der Waals surface area contributed by atoms with Crippen LogP contribution in [0.4, 0.5) is 0 Å². The number of amides is 1. The smallest absolute Gasteiger partial charge is 0.223 e. The molecule has 110 valence electrons. The highest BCUT2D eigenvalue weighted by Gasteiger charge is 2.32. The zero-order chi connectivity index (χ0) is 13.8. The van der Waals surface area contributed by atoms with Crippen molar-refractivity contribution in [3.8, 4) is 0 Å². The minimum atomic E-state index is 0.0695. The van der Waals surface area contributed by atoms with Crippen molar-refractivity contribution in [2.45, 2.75) is 70.6 Å². The highest BCUT2D eigenvalue weighted by atomic mass is 16.5. The van der Waals surface area contributed by atoms with Crippen LogP contribution in [0, 0.1) is 11.8 Å². The van der Waals surface area contributed by atoms with Crippen molar-refractivity contribution in [3.05, 3.63) is 0 Å². The molecule has 0 aromatic rings. The predicted octanol–water partition coefficient (Wildman–Crippen LogP) is 1.86. The normalized spacial score (nSPS) is 39.8. The molecule has 2 rings (SSSR count). The molecule has 1 aliphatic carbocycles. The Morgan fingerprint density at radius 3 is 2.47 bits per heavy atom. The maximum absolute atomic E-state index is 12.4. The second-order valence-corrected chi connectivity index (χ2v) is 6.27. The minimum absolute atomic E-state index is 0.0695. The molecule has 0 bridgehead atoms. The van der Waals surface area contributed by atoms with Gasteiger partial charge in [0.25, 0.3) is 0 Å². The average molecular weight is 269 g/mol. The number of nitrogens with one attached hydrogen (secondary N) is 1. The summed E-state index contributed by atoms with van der Waals surface area (Å²) in [6, 6.07) is 0.166.